The maximum absolute atomic E-state index is 15.1. The molecule has 3 heterocycles. The van der Waals surface area contributed by atoms with Crippen molar-refractivity contribution in [2.45, 2.75) is 32.4 Å². The fraction of sp³-hybridized carbons (Fsp3) is 0.421. The summed E-state index contributed by atoms with van der Waals surface area (Å²) in [7, 11) is 0. The Morgan fingerprint density at radius 2 is 2.13 bits per heavy atom. The lowest BCUT2D eigenvalue weighted by Gasteiger charge is -2.17. The number of carbonyl (C=O) groups excluding carboxylic acids is 2. The number of fused-ring (bicyclic) bond motifs is 3. The van der Waals surface area contributed by atoms with Gasteiger partial charge in [-0.05, 0) is 18.1 Å². The van der Waals surface area contributed by atoms with Gasteiger partial charge >= 0.3 is 6.09 Å². The minimum Gasteiger partial charge on any atom is -0.488 e. The van der Waals surface area contributed by atoms with Crippen molar-refractivity contribution < 1.29 is 32.2 Å². The van der Waals surface area contributed by atoms with Gasteiger partial charge in [0.05, 0.1) is 12.1 Å². The Balaban J connectivity index is 1.73. The van der Waals surface area contributed by atoms with Crippen LogP contribution >= 0.6 is 0 Å². The Kier molecular flexibility index (Phi) is 5.04. The van der Waals surface area contributed by atoms with Crippen molar-refractivity contribution in [1.82, 2.24) is 9.55 Å². The summed E-state index contributed by atoms with van der Waals surface area (Å²) in [5.74, 6) is -1.52. The number of nitrogens with zero attached hydrogens (tertiary/aromatic N) is 3. The summed E-state index contributed by atoms with van der Waals surface area (Å²) in [5.41, 5.74) is 5.84. The second-order valence-electron chi connectivity index (χ2n) is 7.24. The molecule has 1 fully saturated rings. The van der Waals surface area contributed by atoms with E-state index in [2.05, 4.69) is 4.98 Å². The summed E-state index contributed by atoms with van der Waals surface area (Å²) < 4.78 is 53.6. The lowest BCUT2D eigenvalue weighted by Crippen LogP contribution is -2.38. The van der Waals surface area contributed by atoms with Gasteiger partial charge in [0.25, 0.3) is 6.43 Å². The van der Waals surface area contributed by atoms with Crippen molar-refractivity contribution in [2.24, 2.45) is 11.7 Å². The van der Waals surface area contributed by atoms with Crippen LogP contribution in [-0.2, 0) is 22.5 Å². The number of nitrogens with two attached hydrogens (primary N) is 1. The number of imidazole rings is 1. The summed E-state index contributed by atoms with van der Waals surface area (Å²) in [6.07, 6.45) is -2.17. The van der Waals surface area contributed by atoms with Crippen molar-refractivity contribution in [3.05, 3.63) is 29.7 Å². The number of halogens is 3. The van der Waals surface area contributed by atoms with Gasteiger partial charge < -0.3 is 19.8 Å². The molecule has 160 valence electrons. The number of benzene rings is 1. The van der Waals surface area contributed by atoms with Gasteiger partial charge in [0.2, 0.25) is 5.91 Å². The SMILES string of the molecule is C[C@H](Cc1ccc2c(c1F)OCCn1cc(N3C(=O)OC[C@H]3C(F)F)nc1-2)C(N)=O. The topological polar surface area (TPSA) is 99.7 Å². The summed E-state index contributed by atoms with van der Waals surface area (Å²) in [6, 6.07) is 1.65. The van der Waals surface area contributed by atoms with Crippen molar-refractivity contribution in [1.29, 1.82) is 0 Å². The molecular formula is C19H19F3N4O4. The van der Waals surface area contributed by atoms with Crippen LogP contribution in [0.15, 0.2) is 18.3 Å². The number of primary amides is 1. The number of hydrogen-bond acceptors (Lipinski definition) is 5. The maximum Gasteiger partial charge on any atom is 0.416 e. The van der Waals surface area contributed by atoms with Gasteiger partial charge in [0, 0.05) is 12.1 Å². The molecule has 2 amide bonds. The summed E-state index contributed by atoms with van der Waals surface area (Å²) in [6.45, 7) is 1.53. The molecule has 2 atom stereocenters. The van der Waals surface area contributed by atoms with E-state index in [1.165, 1.54) is 12.3 Å². The van der Waals surface area contributed by atoms with Crippen molar-refractivity contribution in [3.63, 3.8) is 0 Å². The molecule has 11 heteroatoms. The second kappa shape index (κ2) is 7.54. The average molecular weight is 424 g/mol. The van der Waals surface area contributed by atoms with E-state index in [1.807, 2.05) is 0 Å². The monoisotopic (exact) mass is 424 g/mol. The molecule has 2 aliphatic heterocycles. The number of alkyl halides is 2. The Hall–Kier alpha value is -3.24. The number of anilines is 1. The van der Waals surface area contributed by atoms with E-state index in [0.29, 0.717) is 5.56 Å². The average Bonchev–Trinajstić information content (AvgIpc) is 3.23. The quantitative estimate of drug-likeness (QED) is 0.794. The standard InChI is InChI=1S/C19H19F3N4O4/c1-9(17(23)27)6-10-2-3-11-15(14(10)20)29-5-4-25-7-13(24-18(11)25)26-12(16(21)22)8-30-19(26)28/h2-3,7,9,12,16H,4-6,8H2,1H3,(H2,23,27)/t9-,12+/m1/s1. The van der Waals surface area contributed by atoms with E-state index >= 15 is 4.39 Å². The first-order valence-electron chi connectivity index (χ1n) is 9.33. The number of amides is 2. The van der Waals surface area contributed by atoms with Crippen molar-refractivity contribution >= 4 is 17.8 Å². The molecule has 8 nitrogen and oxygen atoms in total. The Labute approximate surface area is 169 Å². The molecule has 30 heavy (non-hydrogen) atoms. The number of hydrogen-bond donors (Lipinski definition) is 1. The predicted molar refractivity (Wildman–Crippen MR) is 98.8 cm³/mol. The number of carbonyl (C=O) groups is 2. The molecule has 0 spiro atoms. The molecular weight excluding hydrogens is 405 g/mol. The van der Waals surface area contributed by atoms with Gasteiger partial charge in [-0.15, -0.1) is 0 Å². The largest absolute Gasteiger partial charge is 0.488 e. The molecule has 4 rings (SSSR count). The molecule has 1 aromatic carbocycles. The molecule has 0 unspecified atom stereocenters. The van der Waals surface area contributed by atoms with E-state index in [-0.39, 0.29) is 42.5 Å². The fourth-order valence-electron chi connectivity index (χ4n) is 3.54. The Morgan fingerprint density at radius 1 is 1.37 bits per heavy atom. The van der Waals surface area contributed by atoms with Crippen LogP contribution in [0, 0.1) is 11.7 Å². The van der Waals surface area contributed by atoms with Crippen molar-refractivity contribution in [2.75, 3.05) is 18.1 Å². The first-order valence-corrected chi connectivity index (χ1v) is 9.33. The van der Waals surface area contributed by atoms with Crippen LogP contribution in [0.1, 0.15) is 12.5 Å². The highest BCUT2D eigenvalue weighted by Gasteiger charge is 2.42. The van der Waals surface area contributed by atoms with Crippen molar-refractivity contribution in [3.8, 4) is 17.1 Å². The molecule has 0 saturated carbocycles. The van der Waals surface area contributed by atoms with Crippen LogP contribution in [-0.4, -0.2) is 47.2 Å². The number of ether oxygens (including phenoxy) is 2. The first kappa shape index (κ1) is 20.0. The van der Waals surface area contributed by atoms with Gasteiger partial charge in [0.15, 0.2) is 17.4 Å². The predicted octanol–water partition coefficient (Wildman–Crippen LogP) is 2.34. The molecule has 1 saturated heterocycles. The van der Waals surface area contributed by atoms with Gasteiger partial charge in [-0.3, -0.25) is 4.79 Å². The van der Waals surface area contributed by atoms with Crippen LogP contribution in [0.4, 0.5) is 23.8 Å². The summed E-state index contributed by atoms with van der Waals surface area (Å²) in [5, 5.41) is 0. The zero-order valence-corrected chi connectivity index (χ0v) is 16.0. The third-order valence-electron chi connectivity index (χ3n) is 5.22. The zero-order valence-electron chi connectivity index (χ0n) is 16.0. The highest BCUT2D eigenvalue weighted by Crippen LogP contribution is 2.38. The molecule has 2 N–H and O–H groups in total. The molecule has 2 aliphatic rings. The van der Waals surface area contributed by atoms with E-state index in [9.17, 15) is 18.4 Å². The van der Waals surface area contributed by atoms with Crippen LogP contribution in [0.2, 0.25) is 0 Å². The third-order valence-corrected chi connectivity index (χ3v) is 5.22. The maximum atomic E-state index is 15.1. The smallest absolute Gasteiger partial charge is 0.416 e. The van der Waals surface area contributed by atoms with Gasteiger partial charge in [-0.25, -0.2) is 27.8 Å². The van der Waals surface area contributed by atoms with E-state index in [0.717, 1.165) is 4.90 Å². The van der Waals surface area contributed by atoms with Gasteiger partial charge in [-0.1, -0.05) is 13.0 Å². The van der Waals surface area contributed by atoms with Gasteiger partial charge in [0.1, 0.15) is 25.1 Å². The lowest BCUT2D eigenvalue weighted by molar-refractivity contribution is -0.121. The Bertz CT molecular complexity index is 1010. The molecule has 2 aromatic rings. The molecule has 0 aliphatic carbocycles. The number of rotatable bonds is 5. The molecule has 0 bridgehead atoms. The number of aromatic nitrogens is 2. The normalized spacial score (nSPS) is 19.0. The van der Waals surface area contributed by atoms with Crippen LogP contribution in [0.5, 0.6) is 5.75 Å². The summed E-state index contributed by atoms with van der Waals surface area (Å²) >= 11 is 0. The van der Waals surface area contributed by atoms with Crippen LogP contribution in [0.25, 0.3) is 11.4 Å². The highest BCUT2D eigenvalue weighted by atomic mass is 19.3. The minimum absolute atomic E-state index is 0.00233. The number of cyclic esters (lactones) is 1. The third kappa shape index (κ3) is 3.33. The minimum atomic E-state index is -2.80. The zero-order chi connectivity index (χ0) is 21.6. The van der Waals surface area contributed by atoms with Crippen LogP contribution < -0.4 is 15.4 Å². The van der Waals surface area contributed by atoms with E-state index in [4.69, 9.17) is 15.2 Å². The molecule has 1 aromatic heterocycles. The summed E-state index contributed by atoms with van der Waals surface area (Å²) in [4.78, 5) is 28.4. The lowest BCUT2D eigenvalue weighted by atomic mass is 9.98. The van der Waals surface area contributed by atoms with Gasteiger partial charge in [-0.2, -0.15) is 0 Å². The van der Waals surface area contributed by atoms with E-state index in [1.54, 1.807) is 17.6 Å². The second-order valence-corrected chi connectivity index (χ2v) is 7.24. The highest BCUT2D eigenvalue weighted by molar-refractivity contribution is 5.89. The fourth-order valence-corrected chi connectivity index (χ4v) is 3.54. The van der Waals surface area contributed by atoms with E-state index < -0.39 is 42.8 Å². The van der Waals surface area contributed by atoms with Crippen LogP contribution in [0.3, 0.4) is 0 Å². The Morgan fingerprint density at radius 3 is 2.83 bits per heavy atom. The molecule has 0 radical (unpaired) electrons. The first-order chi connectivity index (χ1) is 14.3.